The third-order valence-electron chi connectivity index (χ3n) is 3.33. The van der Waals surface area contributed by atoms with Crippen molar-refractivity contribution in [1.82, 2.24) is 0 Å². The summed E-state index contributed by atoms with van der Waals surface area (Å²) in [6.07, 6.45) is 0. The van der Waals surface area contributed by atoms with Gasteiger partial charge in [0, 0.05) is 0 Å². The molecule has 2 rings (SSSR count). The van der Waals surface area contributed by atoms with E-state index in [1.54, 1.807) is 0 Å². The lowest BCUT2D eigenvalue weighted by Gasteiger charge is -2.13. The molecule has 2 aromatic rings. The molecule has 0 atom stereocenters. The van der Waals surface area contributed by atoms with Gasteiger partial charge >= 0.3 is 0 Å². The van der Waals surface area contributed by atoms with Crippen LogP contribution in [0.15, 0.2) is 36.4 Å². The Balaban J connectivity index is 0.00000162. The van der Waals surface area contributed by atoms with Crippen LogP contribution in [-0.2, 0) is 0 Å². The van der Waals surface area contributed by atoms with Gasteiger partial charge in [0.15, 0.2) is 0 Å². The molecular weight excluding hydrogens is 224 g/mol. The maximum Gasteiger partial charge on any atom is 0.130 e. The van der Waals surface area contributed by atoms with Crippen molar-refractivity contribution < 1.29 is 10.2 Å². The van der Waals surface area contributed by atoms with Gasteiger partial charge in [-0.05, 0) is 62.1 Å². The topological polar surface area (TPSA) is 40.7 Å². The lowest BCUT2D eigenvalue weighted by molar-refractivity contribution is 0.474. The fraction of sp³-hybridized carbons (Fsp3) is 0.250. The van der Waals surface area contributed by atoms with Crippen LogP contribution in [0, 0.1) is 27.7 Å². The van der Waals surface area contributed by atoms with Gasteiger partial charge in [0.05, 0.1) is 0 Å². The first-order valence-electron chi connectivity index (χ1n) is 5.90. The minimum atomic E-state index is 0. The van der Waals surface area contributed by atoms with Crippen molar-refractivity contribution in [2.75, 3.05) is 0 Å². The molecule has 18 heavy (non-hydrogen) atoms. The maximum absolute atomic E-state index is 6.00. The van der Waals surface area contributed by atoms with Gasteiger partial charge in [-0.2, -0.15) is 0 Å². The van der Waals surface area contributed by atoms with Gasteiger partial charge in [0.1, 0.15) is 11.5 Å². The molecule has 96 valence electrons. The Bertz CT molecular complexity index is 495. The zero-order valence-corrected chi connectivity index (χ0v) is 11.4. The summed E-state index contributed by atoms with van der Waals surface area (Å²) in [5.74, 6) is 1.89. The van der Waals surface area contributed by atoms with E-state index in [1.807, 2.05) is 24.3 Å². The van der Waals surface area contributed by atoms with Crippen LogP contribution in [0.2, 0.25) is 0 Å². The highest BCUT2D eigenvalue weighted by molar-refractivity contribution is 5.45. The summed E-state index contributed by atoms with van der Waals surface area (Å²) >= 11 is 0. The normalized spacial score (nSPS) is 9.78. The van der Waals surface area contributed by atoms with Gasteiger partial charge in [0.25, 0.3) is 0 Å². The van der Waals surface area contributed by atoms with E-state index in [0.29, 0.717) is 0 Å². The van der Waals surface area contributed by atoms with E-state index >= 15 is 0 Å². The molecule has 0 radical (unpaired) electrons. The molecule has 0 saturated heterocycles. The van der Waals surface area contributed by atoms with Crippen LogP contribution in [-0.4, -0.2) is 5.48 Å². The predicted molar refractivity (Wildman–Crippen MR) is 75.5 cm³/mol. The molecule has 0 aliphatic rings. The standard InChI is InChI=1S/C16H18O.H2O/c1-11-7-5-9-15(13(11)3)17-16-10-6-8-12(2)14(16)4;/h5-10H,1-4H3;1H2. The highest BCUT2D eigenvalue weighted by atomic mass is 16.5. The van der Waals surface area contributed by atoms with E-state index in [-0.39, 0.29) is 5.48 Å². The summed E-state index contributed by atoms with van der Waals surface area (Å²) in [4.78, 5) is 0. The van der Waals surface area contributed by atoms with Gasteiger partial charge in [-0.25, -0.2) is 0 Å². The zero-order valence-electron chi connectivity index (χ0n) is 11.4. The molecule has 0 aliphatic heterocycles. The second-order valence-electron chi connectivity index (χ2n) is 4.50. The van der Waals surface area contributed by atoms with Crippen LogP contribution in [0.3, 0.4) is 0 Å². The van der Waals surface area contributed by atoms with E-state index in [4.69, 9.17) is 4.74 Å². The number of hydrogen-bond donors (Lipinski definition) is 0. The van der Waals surface area contributed by atoms with Crippen molar-refractivity contribution in [3.63, 3.8) is 0 Å². The second kappa shape index (κ2) is 5.69. The predicted octanol–water partition coefficient (Wildman–Crippen LogP) is 3.89. The molecule has 0 saturated carbocycles. The minimum absolute atomic E-state index is 0. The smallest absolute Gasteiger partial charge is 0.130 e. The molecular formula is C16H20O2. The van der Waals surface area contributed by atoms with Crippen molar-refractivity contribution in [3.05, 3.63) is 58.7 Å². The van der Waals surface area contributed by atoms with Crippen molar-refractivity contribution in [2.45, 2.75) is 27.7 Å². The Morgan fingerprint density at radius 2 is 1.06 bits per heavy atom. The Morgan fingerprint density at radius 1 is 0.667 bits per heavy atom. The summed E-state index contributed by atoms with van der Waals surface area (Å²) in [6.45, 7) is 8.39. The molecule has 0 bridgehead atoms. The third kappa shape index (κ3) is 2.71. The Kier molecular flexibility index (Phi) is 4.51. The van der Waals surface area contributed by atoms with E-state index in [0.717, 1.165) is 11.5 Å². The van der Waals surface area contributed by atoms with Gasteiger partial charge in [-0.1, -0.05) is 24.3 Å². The van der Waals surface area contributed by atoms with E-state index in [1.165, 1.54) is 22.3 Å². The number of hydrogen-bond acceptors (Lipinski definition) is 1. The lowest BCUT2D eigenvalue weighted by atomic mass is 10.1. The molecule has 2 heteroatoms. The van der Waals surface area contributed by atoms with Crippen molar-refractivity contribution >= 4 is 0 Å². The first kappa shape index (κ1) is 14.3. The van der Waals surface area contributed by atoms with Crippen LogP contribution in [0.5, 0.6) is 11.5 Å². The van der Waals surface area contributed by atoms with Gasteiger partial charge in [-0.15, -0.1) is 0 Å². The Morgan fingerprint density at radius 3 is 1.44 bits per heavy atom. The molecule has 0 aromatic heterocycles. The average Bonchev–Trinajstić information content (AvgIpc) is 2.31. The van der Waals surface area contributed by atoms with Crippen LogP contribution in [0.1, 0.15) is 22.3 Å². The second-order valence-corrected chi connectivity index (χ2v) is 4.50. The SMILES string of the molecule is Cc1cccc(Oc2cccc(C)c2C)c1C.O. The molecule has 0 aliphatic carbocycles. The quantitative estimate of drug-likeness (QED) is 0.790. The fourth-order valence-corrected chi connectivity index (χ4v) is 1.79. The monoisotopic (exact) mass is 244 g/mol. The third-order valence-corrected chi connectivity index (χ3v) is 3.33. The zero-order chi connectivity index (χ0) is 12.4. The van der Waals surface area contributed by atoms with Crippen LogP contribution < -0.4 is 4.74 Å². The van der Waals surface area contributed by atoms with Crippen LogP contribution >= 0.6 is 0 Å². The molecule has 2 nitrogen and oxygen atoms in total. The molecule has 0 heterocycles. The van der Waals surface area contributed by atoms with E-state index in [9.17, 15) is 0 Å². The Hall–Kier alpha value is -1.80. The molecule has 2 aromatic carbocycles. The largest absolute Gasteiger partial charge is 0.457 e. The number of aryl methyl sites for hydroxylation is 2. The van der Waals surface area contributed by atoms with Crippen molar-refractivity contribution in [1.29, 1.82) is 0 Å². The summed E-state index contributed by atoms with van der Waals surface area (Å²) in [6, 6.07) is 12.3. The van der Waals surface area contributed by atoms with Gasteiger partial charge < -0.3 is 10.2 Å². The first-order chi connectivity index (χ1) is 8.09. The van der Waals surface area contributed by atoms with Crippen molar-refractivity contribution in [2.24, 2.45) is 0 Å². The number of rotatable bonds is 2. The highest BCUT2D eigenvalue weighted by Gasteiger charge is 2.06. The van der Waals surface area contributed by atoms with Crippen LogP contribution in [0.25, 0.3) is 0 Å². The fourth-order valence-electron chi connectivity index (χ4n) is 1.79. The maximum atomic E-state index is 6.00. The van der Waals surface area contributed by atoms with Crippen molar-refractivity contribution in [3.8, 4) is 11.5 Å². The molecule has 0 amide bonds. The minimum Gasteiger partial charge on any atom is -0.457 e. The lowest BCUT2D eigenvalue weighted by Crippen LogP contribution is -1.93. The number of ether oxygens (including phenoxy) is 1. The molecule has 0 spiro atoms. The van der Waals surface area contributed by atoms with E-state index in [2.05, 4.69) is 39.8 Å². The Labute approximate surface area is 109 Å². The molecule has 0 unspecified atom stereocenters. The molecule has 0 fully saturated rings. The summed E-state index contributed by atoms with van der Waals surface area (Å²) in [5.41, 5.74) is 4.92. The van der Waals surface area contributed by atoms with Gasteiger partial charge in [-0.3, -0.25) is 0 Å². The summed E-state index contributed by atoms with van der Waals surface area (Å²) < 4.78 is 6.00. The average molecular weight is 244 g/mol. The first-order valence-corrected chi connectivity index (χ1v) is 5.90. The number of benzene rings is 2. The highest BCUT2D eigenvalue weighted by Crippen LogP contribution is 2.30. The molecule has 2 N–H and O–H groups in total. The van der Waals surface area contributed by atoms with Gasteiger partial charge in [0.2, 0.25) is 0 Å². The summed E-state index contributed by atoms with van der Waals surface area (Å²) in [7, 11) is 0. The van der Waals surface area contributed by atoms with Crippen LogP contribution in [0.4, 0.5) is 0 Å². The van der Waals surface area contributed by atoms with E-state index < -0.39 is 0 Å². The summed E-state index contributed by atoms with van der Waals surface area (Å²) in [5, 5.41) is 0.